The number of nitrogens with one attached hydrogen (secondary N) is 1. The molecule has 2 aromatic rings. The predicted octanol–water partition coefficient (Wildman–Crippen LogP) is 3.49. The van der Waals surface area contributed by atoms with Crippen LogP contribution in [0, 0.1) is 19.8 Å². The maximum atomic E-state index is 12.3. The Hall–Kier alpha value is -2.86. The minimum absolute atomic E-state index is 0.0713. The molecule has 1 atom stereocenters. The van der Waals surface area contributed by atoms with Crippen LogP contribution >= 0.6 is 11.6 Å². The van der Waals surface area contributed by atoms with Crippen molar-refractivity contribution in [2.75, 3.05) is 18.5 Å². The fourth-order valence-corrected chi connectivity index (χ4v) is 3.44. The van der Waals surface area contributed by atoms with E-state index in [9.17, 15) is 14.4 Å². The summed E-state index contributed by atoms with van der Waals surface area (Å²) in [5.74, 6) is -1.68. The molecular formula is C22H23ClN2O4. The van der Waals surface area contributed by atoms with Crippen LogP contribution in [0.15, 0.2) is 42.5 Å². The van der Waals surface area contributed by atoms with Crippen LogP contribution in [-0.4, -0.2) is 35.8 Å². The van der Waals surface area contributed by atoms with Gasteiger partial charge < -0.3 is 15.0 Å². The Balaban J connectivity index is 1.51. The average Bonchev–Trinajstić information content (AvgIpc) is 3.06. The molecule has 1 N–H and O–H groups in total. The quantitative estimate of drug-likeness (QED) is 0.734. The molecule has 0 spiro atoms. The van der Waals surface area contributed by atoms with Gasteiger partial charge >= 0.3 is 5.97 Å². The lowest BCUT2D eigenvalue weighted by Crippen LogP contribution is -2.28. The first-order chi connectivity index (χ1) is 13.8. The highest BCUT2D eigenvalue weighted by molar-refractivity contribution is 6.31. The number of hydrogen-bond acceptors (Lipinski definition) is 4. The molecule has 2 amide bonds. The lowest BCUT2D eigenvalue weighted by atomic mass is 10.1. The summed E-state index contributed by atoms with van der Waals surface area (Å²) in [7, 11) is 0. The summed E-state index contributed by atoms with van der Waals surface area (Å²) < 4.78 is 5.14. The van der Waals surface area contributed by atoms with Gasteiger partial charge in [0.05, 0.1) is 5.92 Å². The molecule has 1 aliphatic rings. The normalized spacial score (nSPS) is 16.0. The summed E-state index contributed by atoms with van der Waals surface area (Å²) in [5.41, 5.74) is 3.53. The number of rotatable bonds is 6. The minimum Gasteiger partial charge on any atom is -0.455 e. The summed E-state index contributed by atoms with van der Waals surface area (Å²) >= 11 is 6.15. The lowest BCUT2D eigenvalue weighted by molar-refractivity contribution is -0.151. The molecule has 3 rings (SSSR count). The highest BCUT2D eigenvalue weighted by Gasteiger charge is 2.35. The van der Waals surface area contributed by atoms with Crippen LogP contribution in [0.3, 0.4) is 0 Å². The molecule has 0 radical (unpaired) electrons. The summed E-state index contributed by atoms with van der Waals surface area (Å²) in [6.45, 7) is 4.07. The minimum atomic E-state index is -0.585. The zero-order valence-electron chi connectivity index (χ0n) is 16.4. The Kier molecular flexibility index (Phi) is 6.54. The Labute approximate surface area is 174 Å². The third-order valence-corrected chi connectivity index (χ3v) is 5.46. The van der Waals surface area contributed by atoms with Crippen LogP contribution in [0.5, 0.6) is 0 Å². The van der Waals surface area contributed by atoms with Crippen LogP contribution in [0.4, 0.5) is 5.69 Å². The number of carbonyl (C=O) groups excluding carboxylic acids is 3. The molecule has 2 aromatic carbocycles. The number of carbonyl (C=O) groups is 3. The number of amides is 2. The number of esters is 1. The fourth-order valence-electron chi connectivity index (χ4n) is 3.24. The zero-order valence-corrected chi connectivity index (χ0v) is 17.2. The van der Waals surface area contributed by atoms with Crippen LogP contribution in [0.1, 0.15) is 23.1 Å². The van der Waals surface area contributed by atoms with Crippen molar-refractivity contribution in [2.45, 2.75) is 26.8 Å². The number of hydrogen-bond donors (Lipinski definition) is 1. The Morgan fingerprint density at radius 1 is 1.17 bits per heavy atom. The third kappa shape index (κ3) is 5.15. The summed E-state index contributed by atoms with van der Waals surface area (Å²) in [6, 6.07) is 12.9. The van der Waals surface area contributed by atoms with Crippen LogP contribution in [-0.2, 0) is 25.7 Å². The van der Waals surface area contributed by atoms with Crippen molar-refractivity contribution in [2.24, 2.45) is 5.92 Å². The predicted molar refractivity (Wildman–Crippen MR) is 110 cm³/mol. The van der Waals surface area contributed by atoms with E-state index in [1.165, 1.54) is 0 Å². The van der Waals surface area contributed by atoms with Crippen molar-refractivity contribution in [1.82, 2.24) is 4.90 Å². The van der Waals surface area contributed by atoms with Gasteiger partial charge in [-0.05, 0) is 42.7 Å². The van der Waals surface area contributed by atoms with Crippen molar-refractivity contribution in [3.8, 4) is 0 Å². The van der Waals surface area contributed by atoms with Gasteiger partial charge in [-0.1, -0.05) is 41.9 Å². The molecule has 1 heterocycles. The molecule has 0 unspecified atom stereocenters. The van der Waals surface area contributed by atoms with Crippen molar-refractivity contribution < 1.29 is 19.1 Å². The van der Waals surface area contributed by atoms with E-state index in [0.29, 0.717) is 17.3 Å². The maximum absolute atomic E-state index is 12.3. The second-order valence-corrected chi connectivity index (χ2v) is 7.58. The molecule has 0 aliphatic carbocycles. The van der Waals surface area contributed by atoms with Crippen LogP contribution in [0.2, 0.25) is 5.02 Å². The standard InChI is InChI=1S/C22H23ClN2O4/c1-14-6-5-9-19(15(14)2)24-20(26)13-29-22(28)17-10-21(27)25(12-17)11-16-7-3-4-8-18(16)23/h3-9,17H,10-13H2,1-2H3,(H,24,26)/t17-/m1/s1. The molecule has 29 heavy (non-hydrogen) atoms. The Morgan fingerprint density at radius 2 is 1.93 bits per heavy atom. The van der Waals surface area contributed by atoms with Crippen molar-refractivity contribution in [1.29, 1.82) is 0 Å². The van der Waals surface area contributed by atoms with Gasteiger partial charge in [0.15, 0.2) is 6.61 Å². The maximum Gasteiger partial charge on any atom is 0.311 e. The summed E-state index contributed by atoms with van der Waals surface area (Å²) in [4.78, 5) is 38.3. The largest absolute Gasteiger partial charge is 0.455 e. The highest BCUT2D eigenvalue weighted by Crippen LogP contribution is 2.24. The zero-order chi connectivity index (χ0) is 21.0. The summed E-state index contributed by atoms with van der Waals surface area (Å²) in [5, 5.41) is 3.32. The molecule has 1 aliphatic heterocycles. The van der Waals surface area contributed by atoms with E-state index in [1.54, 1.807) is 17.0 Å². The third-order valence-electron chi connectivity index (χ3n) is 5.09. The van der Waals surface area contributed by atoms with E-state index in [0.717, 1.165) is 16.7 Å². The van der Waals surface area contributed by atoms with Gasteiger partial charge in [-0.2, -0.15) is 0 Å². The monoisotopic (exact) mass is 414 g/mol. The van der Waals surface area contributed by atoms with Gasteiger partial charge in [0, 0.05) is 30.2 Å². The molecule has 0 aromatic heterocycles. The molecule has 152 valence electrons. The fraction of sp³-hybridized carbons (Fsp3) is 0.318. The molecule has 1 fully saturated rings. The molecule has 0 bridgehead atoms. The SMILES string of the molecule is Cc1cccc(NC(=O)COC(=O)[C@@H]2CC(=O)N(Cc3ccccc3Cl)C2)c1C. The molecule has 7 heteroatoms. The number of halogens is 1. The smallest absolute Gasteiger partial charge is 0.311 e. The summed E-state index contributed by atoms with van der Waals surface area (Å²) in [6.07, 6.45) is 0.0713. The number of benzene rings is 2. The lowest BCUT2D eigenvalue weighted by Gasteiger charge is -2.17. The second-order valence-electron chi connectivity index (χ2n) is 7.17. The number of aryl methyl sites for hydroxylation is 1. The molecular weight excluding hydrogens is 392 g/mol. The van der Waals surface area contributed by atoms with Gasteiger partial charge in [-0.15, -0.1) is 0 Å². The van der Waals surface area contributed by atoms with Crippen LogP contribution in [0.25, 0.3) is 0 Å². The van der Waals surface area contributed by atoms with E-state index in [1.807, 2.05) is 44.2 Å². The van der Waals surface area contributed by atoms with E-state index >= 15 is 0 Å². The number of ether oxygens (including phenoxy) is 1. The van der Waals surface area contributed by atoms with Gasteiger partial charge in [0.25, 0.3) is 5.91 Å². The van der Waals surface area contributed by atoms with E-state index in [-0.39, 0.29) is 25.5 Å². The van der Waals surface area contributed by atoms with E-state index in [2.05, 4.69) is 5.32 Å². The number of anilines is 1. The Morgan fingerprint density at radius 3 is 2.69 bits per heavy atom. The van der Waals surface area contributed by atoms with Gasteiger partial charge in [-0.25, -0.2) is 0 Å². The van der Waals surface area contributed by atoms with Gasteiger partial charge in [-0.3, -0.25) is 14.4 Å². The number of likely N-dealkylation sites (tertiary alicyclic amines) is 1. The molecule has 1 saturated heterocycles. The van der Waals surface area contributed by atoms with Gasteiger partial charge in [0.1, 0.15) is 0 Å². The van der Waals surface area contributed by atoms with Crippen molar-refractivity contribution in [3.63, 3.8) is 0 Å². The first-order valence-electron chi connectivity index (χ1n) is 9.39. The van der Waals surface area contributed by atoms with Gasteiger partial charge in [0.2, 0.25) is 5.91 Å². The van der Waals surface area contributed by atoms with Crippen molar-refractivity contribution in [3.05, 3.63) is 64.2 Å². The van der Waals surface area contributed by atoms with E-state index < -0.39 is 17.8 Å². The van der Waals surface area contributed by atoms with E-state index in [4.69, 9.17) is 16.3 Å². The first-order valence-corrected chi connectivity index (χ1v) is 9.77. The average molecular weight is 415 g/mol. The first kappa shape index (κ1) is 20.9. The molecule has 6 nitrogen and oxygen atoms in total. The van der Waals surface area contributed by atoms with Crippen LogP contribution < -0.4 is 5.32 Å². The Bertz CT molecular complexity index is 944. The molecule has 0 saturated carbocycles. The van der Waals surface area contributed by atoms with Crippen molar-refractivity contribution >= 4 is 35.1 Å². The highest BCUT2D eigenvalue weighted by atomic mass is 35.5. The number of nitrogens with zero attached hydrogens (tertiary/aromatic N) is 1. The topological polar surface area (TPSA) is 75.7 Å². The second kappa shape index (κ2) is 9.09.